The van der Waals surface area contributed by atoms with Crippen LogP contribution < -0.4 is 0 Å². The predicted octanol–water partition coefficient (Wildman–Crippen LogP) is 2.29. The number of ether oxygens (including phenoxy) is 2. The van der Waals surface area contributed by atoms with Crippen LogP contribution in [-0.2, 0) is 19.1 Å². The van der Waals surface area contributed by atoms with Crippen molar-refractivity contribution in [2.45, 2.75) is 13.8 Å². The molecule has 120 valence electrons. The number of carbonyl (C=O) groups excluding carboxylic acids is 3. The Bertz CT molecular complexity index is 707. The van der Waals surface area contributed by atoms with Crippen LogP contribution in [0.1, 0.15) is 35.3 Å². The number of benzene rings is 1. The van der Waals surface area contributed by atoms with Gasteiger partial charge in [-0.25, -0.2) is 9.59 Å². The highest BCUT2D eigenvalue weighted by Gasteiger charge is 2.23. The first-order chi connectivity index (χ1) is 11.0. The molecule has 1 aliphatic carbocycles. The van der Waals surface area contributed by atoms with Crippen LogP contribution in [-0.4, -0.2) is 36.0 Å². The fraction of sp³-hybridized carbons (Fsp3) is 0.235. The third-order valence-electron chi connectivity index (χ3n) is 3.15. The molecule has 1 aliphatic rings. The van der Waals surface area contributed by atoms with Gasteiger partial charge in [0, 0.05) is 17.2 Å². The Morgan fingerprint density at radius 1 is 1.09 bits per heavy atom. The average Bonchev–Trinajstić information content (AvgIpc) is 2.79. The number of hydrogen-bond acceptors (Lipinski definition) is 6. The van der Waals surface area contributed by atoms with Crippen LogP contribution >= 0.6 is 0 Å². The van der Waals surface area contributed by atoms with Gasteiger partial charge < -0.3 is 14.6 Å². The number of carbonyl (C=O) groups is 3. The number of allylic oxidation sites excluding steroid dienone is 1. The van der Waals surface area contributed by atoms with E-state index in [1.165, 1.54) is 18.2 Å². The highest BCUT2D eigenvalue weighted by atomic mass is 16.6. The number of hydrogen-bond donors (Lipinski definition) is 1. The highest BCUT2D eigenvalue weighted by molar-refractivity contribution is 6.18. The molecule has 6 heteroatoms. The first-order valence-corrected chi connectivity index (χ1v) is 7.13. The first kappa shape index (κ1) is 16.5. The summed E-state index contributed by atoms with van der Waals surface area (Å²) in [5, 5.41) is 9.73. The summed E-state index contributed by atoms with van der Waals surface area (Å²) in [6, 6.07) is 4.61. The molecule has 23 heavy (non-hydrogen) atoms. The molecule has 0 radical (unpaired) electrons. The van der Waals surface area contributed by atoms with Gasteiger partial charge >= 0.3 is 11.9 Å². The maximum Gasteiger partial charge on any atom is 0.345 e. The maximum absolute atomic E-state index is 11.9. The lowest BCUT2D eigenvalue weighted by Gasteiger charge is -2.07. The molecule has 0 aromatic heterocycles. The van der Waals surface area contributed by atoms with Gasteiger partial charge in [-0.05, 0) is 37.6 Å². The van der Waals surface area contributed by atoms with Gasteiger partial charge in [0.05, 0.1) is 13.2 Å². The molecule has 0 spiro atoms. The Balaban J connectivity index is 2.41. The third-order valence-corrected chi connectivity index (χ3v) is 3.15. The minimum Gasteiger partial charge on any atom is -0.507 e. The van der Waals surface area contributed by atoms with Crippen molar-refractivity contribution in [3.63, 3.8) is 0 Å². The van der Waals surface area contributed by atoms with Crippen LogP contribution in [0.5, 0.6) is 0 Å². The molecular weight excluding hydrogens is 300 g/mol. The topological polar surface area (TPSA) is 89.9 Å². The summed E-state index contributed by atoms with van der Waals surface area (Å²) in [4.78, 5) is 35.4. The quantitative estimate of drug-likeness (QED) is 0.388. The van der Waals surface area contributed by atoms with E-state index in [0.717, 1.165) is 6.08 Å². The lowest BCUT2D eigenvalue weighted by Crippen LogP contribution is -2.18. The Morgan fingerprint density at radius 2 is 1.70 bits per heavy atom. The molecule has 2 rings (SSSR count). The van der Waals surface area contributed by atoms with Gasteiger partial charge in [-0.1, -0.05) is 6.07 Å². The van der Waals surface area contributed by atoms with Crippen molar-refractivity contribution in [1.29, 1.82) is 0 Å². The minimum absolute atomic E-state index is 0.123. The summed E-state index contributed by atoms with van der Waals surface area (Å²) in [5.74, 6) is -2.01. The summed E-state index contributed by atoms with van der Waals surface area (Å²) in [6.07, 6.45) is 2.43. The lowest BCUT2D eigenvalue weighted by atomic mass is 10.0. The monoisotopic (exact) mass is 316 g/mol. The van der Waals surface area contributed by atoms with Gasteiger partial charge in [-0.2, -0.15) is 0 Å². The van der Waals surface area contributed by atoms with Crippen LogP contribution in [0.2, 0.25) is 0 Å². The first-order valence-electron chi connectivity index (χ1n) is 7.13. The molecule has 1 aromatic rings. The second-order valence-corrected chi connectivity index (χ2v) is 4.70. The van der Waals surface area contributed by atoms with E-state index in [1.54, 1.807) is 19.9 Å². The summed E-state index contributed by atoms with van der Waals surface area (Å²) >= 11 is 0. The summed E-state index contributed by atoms with van der Waals surface area (Å²) < 4.78 is 9.70. The van der Waals surface area contributed by atoms with Crippen LogP contribution in [0.15, 0.2) is 29.8 Å². The molecule has 0 saturated heterocycles. The van der Waals surface area contributed by atoms with Gasteiger partial charge in [0.1, 0.15) is 11.3 Å². The van der Waals surface area contributed by atoms with Crippen LogP contribution in [0.4, 0.5) is 0 Å². The van der Waals surface area contributed by atoms with Crippen molar-refractivity contribution in [2.24, 2.45) is 0 Å². The molecule has 0 atom stereocenters. The molecule has 0 aliphatic heterocycles. The van der Waals surface area contributed by atoms with Crippen LogP contribution in [0.25, 0.3) is 11.8 Å². The van der Waals surface area contributed by atoms with E-state index in [9.17, 15) is 19.5 Å². The van der Waals surface area contributed by atoms with Crippen molar-refractivity contribution in [2.75, 3.05) is 13.2 Å². The summed E-state index contributed by atoms with van der Waals surface area (Å²) in [7, 11) is 0. The van der Waals surface area contributed by atoms with E-state index in [0.29, 0.717) is 16.7 Å². The number of aliphatic hydroxyl groups excluding tert-OH is 1. The van der Waals surface area contributed by atoms with Crippen molar-refractivity contribution in [3.8, 4) is 0 Å². The van der Waals surface area contributed by atoms with Crippen molar-refractivity contribution in [1.82, 2.24) is 0 Å². The van der Waals surface area contributed by atoms with E-state index in [4.69, 9.17) is 9.47 Å². The van der Waals surface area contributed by atoms with E-state index in [1.807, 2.05) is 0 Å². The summed E-state index contributed by atoms with van der Waals surface area (Å²) in [5.41, 5.74) is 0.945. The molecule has 1 N–H and O–H groups in total. The standard InChI is InChI=1S/C17H16O6/c1-3-22-16(20)13(17(21)23-4-2)8-10-5-6-11-12(7-10)15(19)9-14(11)18/h5-9,19H,3-4H2,1-2H3. The molecule has 0 amide bonds. The number of ketones is 1. The molecule has 1 aromatic carbocycles. The molecule has 0 bridgehead atoms. The second kappa shape index (κ2) is 6.91. The molecule has 6 nitrogen and oxygen atoms in total. The number of esters is 2. The molecule has 0 fully saturated rings. The van der Waals surface area contributed by atoms with Gasteiger partial charge in [-0.3, -0.25) is 4.79 Å². The average molecular weight is 316 g/mol. The predicted molar refractivity (Wildman–Crippen MR) is 82.6 cm³/mol. The van der Waals surface area contributed by atoms with Crippen LogP contribution in [0, 0.1) is 0 Å². The lowest BCUT2D eigenvalue weighted by molar-refractivity contribution is -0.146. The van der Waals surface area contributed by atoms with Crippen LogP contribution in [0.3, 0.4) is 0 Å². The van der Waals surface area contributed by atoms with Crippen molar-refractivity contribution in [3.05, 3.63) is 46.5 Å². The van der Waals surface area contributed by atoms with E-state index in [-0.39, 0.29) is 30.3 Å². The van der Waals surface area contributed by atoms with Crippen molar-refractivity contribution < 1.29 is 29.0 Å². The molecule has 0 heterocycles. The van der Waals surface area contributed by atoms with Gasteiger partial charge in [0.25, 0.3) is 0 Å². The fourth-order valence-corrected chi connectivity index (χ4v) is 2.14. The van der Waals surface area contributed by atoms with Gasteiger partial charge in [0.2, 0.25) is 0 Å². The van der Waals surface area contributed by atoms with Gasteiger partial charge in [0.15, 0.2) is 5.78 Å². The Hall–Kier alpha value is -2.89. The van der Waals surface area contributed by atoms with E-state index in [2.05, 4.69) is 0 Å². The zero-order chi connectivity index (χ0) is 17.0. The number of rotatable bonds is 5. The largest absolute Gasteiger partial charge is 0.507 e. The smallest absolute Gasteiger partial charge is 0.345 e. The molecular formula is C17H16O6. The zero-order valence-electron chi connectivity index (χ0n) is 12.8. The number of fused-ring (bicyclic) bond motifs is 1. The van der Waals surface area contributed by atoms with E-state index < -0.39 is 11.9 Å². The highest BCUT2D eigenvalue weighted by Crippen LogP contribution is 2.27. The third kappa shape index (κ3) is 3.48. The van der Waals surface area contributed by atoms with Gasteiger partial charge in [-0.15, -0.1) is 0 Å². The molecule has 0 saturated carbocycles. The Labute approximate surface area is 133 Å². The fourth-order valence-electron chi connectivity index (χ4n) is 2.14. The molecule has 0 unspecified atom stereocenters. The second-order valence-electron chi connectivity index (χ2n) is 4.70. The maximum atomic E-state index is 11.9. The van der Waals surface area contributed by atoms with Crippen molar-refractivity contribution >= 4 is 29.6 Å². The Kier molecular flexibility index (Phi) is 4.95. The summed E-state index contributed by atoms with van der Waals surface area (Å²) in [6.45, 7) is 3.50. The Morgan fingerprint density at radius 3 is 2.26 bits per heavy atom. The SMILES string of the molecule is CCOC(=O)C(=Cc1ccc2c(c1)C(O)=CC2=O)C(=O)OCC. The normalized spacial score (nSPS) is 12.3. The zero-order valence-corrected chi connectivity index (χ0v) is 12.8. The minimum atomic E-state index is -0.790. The van der Waals surface area contributed by atoms with E-state index >= 15 is 0 Å². The number of aliphatic hydroxyl groups is 1.